The van der Waals surface area contributed by atoms with Gasteiger partial charge in [0.2, 0.25) is 5.91 Å². The number of nitrogens with one attached hydrogen (secondary N) is 1. The fourth-order valence-electron chi connectivity index (χ4n) is 1.49. The number of nitrogens with zero attached hydrogens (tertiary/aromatic N) is 2. The molecular weight excluding hydrogens is 230 g/mol. The number of nitriles is 1. The van der Waals surface area contributed by atoms with Crippen molar-refractivity contribution < 1.29 is 9.21 Å². The first-order valence-electron chi connectivity index (χ1n) is 5.45. The van der Waals surface area contributed by atoms with Crippen LogP contribution in [0.3, 0.4) is 0 Å². The molecule has 0 saturated carbocycles. The zero-order valence-electron chi connectivity index (χ0n) is 9.59. The largest absolute Gasteiger partial charge is 0.451 e. The molecule has 0 saturated heterocycles. The van der Waals surface area contributed by atoms with E-state index in [1.807, 2.05) is 6.07 Å². The van der Waals surface area contributed by atoms with Crippen LogP contribution in [0.1, 0.15) is 17.7 Å². The Morgan fingerprint density at radius 3 is 3.11 bits per heavy atom. The zero-order chi connectivity index (χ0) is 12.8. The molecule has 1 heterocycles. The van der Waals surface area contributed by atoms with Crippen molar-refractivity contribution in [1.82, 2.24) is 4.98 Å². The van der Waals surface area contributed by atoms with Gasteiger partial charge in [0.15, 0.2) is 6.39 Å². The van der Waals surface area contributed by atoms with Gasteiger partial charge in [-0.25, -0.2) is 4.98 Å². The van der Waals surface area contributed by atoms with Crippen LogP contribution in [-0.4, -0.2) is 10.9 Å². The number of carbonyl (C=O) groups is 1. The molecule has 1 aromatic heterocycles. The minimum absolute atomic E-state index is 0.118. The van der Waals surface area contributed by atoms with Gasteiger partial charge < -0.3 is 9.73 Å². The molecule has 1 aromatic carbocycles. The summed E-state index contributed by atoms with van der Waals surface area (Å²) in [6.45, 7) is 0. The summed E-state index contributed by atoms with van der Waals surface area (Å²) in [5.74, 6) is -0.118. The summed E-state index contributed by atoms with van der Waals surface area (Å²) < 4.78 is 4.82. The highest BCUT2D eigenvalue weighted by molar-refractivity contribution is 5.90. The minimum atomic E-state index is -0.118. The molecule has 0 spiro atoms. The number of benzene rings is 1. The summed E-state index contributed by atoms with van der Waals surface area (Å²) in [5.41, 5.74) is 1.89. The van der Waals surface area contributed by atoms with Crippen molar-refractivity contribution in [3.63, 3.8) is 0 Å². The van der Waals surface area contributed by atoms with Gasteiger partial charge >= 0.3 is 0 Å². The van der Waals surface area contributed by atoms with E-state index in [4.69, 9.17) is 9.68 Å². The van der Waals surface area contributed by atoms with Gasteiger partial charge in [0.1, 0.15) is 6.26 Å². The second-order valence-electron chi connectivity index (χ2n) is 3.72. The molecule has 0 aliphatic carbocycles. The smallest absolute Gasteiger partial charge is 0.224 e. The van der Waals surface area contributed by atoms with Gasteiger partial charge in [-0.15, -0.1) is 0 Å². The van der Waals surface area contributed by atoms with Crippen LogP contribution in [-0.2, 0) is 11.2 Å². The fraction of sp³-hybridized carbons (Fsp3) is 0.154. The van der Waals surface area contributed by atoms with Crippen LogP contribution in [0.5, 0.6) is 0 Å². The van der Waals surface area contributed by atoms with E-state index in [0.29, 0.717) is 24.1 Å². The van der Waals surface area contributed by atoms with E-state index in [-0.39, 0.29) is 5.91 Å². The summed E-state index contributed by atoms with van der Waals surface area (Å²) in [4.78, 5) is 15.6. The Balaban J connectivity index is 1.89. The Labute approximate surface area is 104 Å². The predicted octanol–water partition coefficient (Wildman–Crippen LogP) is 2.12. The van der Waals surface area contributed by atoms with Crippen molar-refractivity contribution in [3.05, 3.63) is 48.2 Å². The summed E-state index contributed by atoms with van der Waals surface area (Å²) in [6, 6.07) is 8.81. The first kappa shape index (κ1) is 11.9. The second-order valence-corrected chi connectivity index (χ2v) is 3.72. The number of aryl methyl sites for hydroxylation is 1. The predicted molar refractivity (Wildman–Crippen MR) is 64.6 cm³/mol. The molecule has 0 atom stereocenters. The summed E-state index contributed by atoms with van der Waals surface area (Å²) >= 11 is 0. The van der Waals surface area contributed by atoms with Crippen molar-refractivity contribution in [2.75, 3.05) is 5.32 Å². The summed E-state index contributed by atoms with van der Waals surface area (Å²) in [6.07, 6.45) is 3.71. The van der Waals surface area contributed by atoms with Gasteiger partial charge in [-0.05, 0) is 18.2 Å². The van der Waals surface area contributed by atoms with Crippen LogP contribution < -0.4 is 5.32 Å². The third-order valence-corrected chi connectivity index (χ3v) is 2.37. The normalized spacial score (nSPS) is 9.72. The Morgan fingerprint density at radius 2 is 2.39 bits per heavy atom. The van der Waals surface area contributed by atoms with Crippen molar-refractivity contribution >= 4 is 11.6 Å². The molecule has 0 bridgehead atoms. The highest BCUT2D eigenvalue weighted by Gasteiger charge is 2.05. The molecule has 0 unspecified atom stereocenters. The zero-order valence-corrected chi connectivity index (χ0v) is 9.59. The lowest BCUT2D eigenvalue weighted by atomic mass is 10.2. The first-order chi connectivity index (χ1) is 8.78. The van der Waals surface area contributed by atoms with Crippen LogP contribution in [0.4, 0.5) is 5.69 Å². The van der Waals surface area contributed by atoms with E-state index < -0.39 is 0 Å². The molecule has 1 amide bonds. The van der Waals surface area contributed by atoms with Crippen molar-refractivity contribution in [1.29, 1.82) is 5.26 Å². The van der Waals surface area contributed by atoms with E-state index in [0.717, 1.165) is 5.69 Å². The Morgan fingerprint density at radius 1 is 1.50 bits per heavy atom. The maximum atomic E-state index is 11.7. The number of carbonyl (C=O) groups excluding carboxylic acids is 1. The number of hydrogen-bond donors (Lipinski definition) is 1. The molecule has 0 radical (unpaired) electrons. The van der Waals surface area contributed by atoms with E-state index in [1.165, 1.54) is 12.7 Å². The van der Waals surface area contributed by atoms with Gasteiger partial charge in [0, 0.05) is 18.5 Å². The van der Waals surface area contributed by atoms with Gasteiger partial charge in [-0.1, -0.05) is 6.07 Å². The molecule has 2 rings (SSSR count). The minimum Gasteiger partial charge on any atom is -0.451 e. The van der Waals surface area contributed by atoms with Crippen molar-refractivity contribution in [2.24, 2.45) is 0 Å². The highest BCUT2D eigenvalue weighted by Crippen LogP contribution is 2.10. The van der Waals surface area contributed by atoms with Crippen LogP contribution >= 0.6 is 0 Å². The molecule has 0 fully saturated rings. The molecule has 18 heavy (non-hydrogen) atoms. The molecule has 90 valence electrons. The maximum Gasteiger partial charge on any atom is 0.224 e. The Kier molecular flexibility index (Phi) is 3.72. The summed E-state index contributed by atoms with van der Waals surface area (Å²) in [7, 11) is 0. The van der Waals surface area contributed by atoms with E-state index in [1.54, 1.807) is 24.3 Å². The standard InChI is InChI=1S/C13H11N3O2/c14-7-10-2-1-3-11(6-10)16-13(17)5-4-12-8-18-9-15-12/h1-3,6,8-9H,4-5H2,(H,16,17). The molecule has 0 aliphatic rings. The number of oxazole rings is 1. The maximum absolute atomic E-state index is 11.7. The highest BCUT2D eigenvalue weighted by atomic mass is 16.3. The van der Waals surface area contributed by atoms with E-state index >= 15 is 0 Å². The molecule has 1 N–H and O–H groups in total. The average molecular weight is 241 g/mol. The second kappa shape index (κ2) is 5.64. The van der Waals surface area contributed by atoms with E-state index in [2.05, 4.69) is 10.3 Å². The quantitative estimate of drug-likeness (QED) is 0.889. The lowest BCUT2D eigenvalue weighted by molar-refractivity contribution is -0.116. The number of anilines is 1. The van der Waals surface area contributed by atoms with Crippen LogP contribution in [0.15, 0.2) is 41.3 Å². The third-order valence-electron chi connectivity index (χ3n) is 2.37. The SMILES string of the molecule is N#Cc1cccc(NC(=O)CCc2cocn2)c1. The number of rotatable bonds is 4. The van der Waals surface area contributed by atoms with Gasteiger partial charge in [-0.3, -0.25) is 4.79 Å². The lowest BCUT2D eigenvalue weighted by Crippen LogP contribution is -2.12. The fourth-order valence-corrected chi connectivity index (χ4v) is 1.49. The van der Waals surface area contributed by atoms with Crippen LogP contribution in [0, 0.1) is 11.3 Å². The molecular formula is C13H11N3O2. The molecule has 0 aliphatic heterocycles. The monoisotopic (exact) mass is 241 g/mol. The van der Waals surface area contributed by atoms with E-state index in [9.17, 15) is 4.79 Å². The van der Waals surface area contributed by atoms with Crippen LogP contribution in [0.25, 0.3) is 0 Å². The Bertz CT molecular complexity index is 570. The van der Waals surface area contributed by atoms with Gasteiger partial charge in [-0.2, -0.15) is 5.26 Å². The third kappa shape index (κ3) is 3.19. The topological polar surface area (TPSA) is 78.9 Å². The lowest BCUT2D eigenvalue weighted by Gasteiger charge is -2.04. The Hall–Kier alpha value is -2.61. The molecule has 5 nitrogen and oxygen atoms in total. The van der Waals surface area contributed by atoms with Crippen molar-refractivity contribution in [2.45, 2.75) is 12.8 Å². The average Bonchev–Trinajstić information content (AvgIpc) is 2.90. The van der Waals surface area contributed by atoms with Gasteiger partial charge in [0.25, 0.3) is 0 Å². The molecule has 5 heteroatoms. The molecule has 2 aromatic rings. The number of aromatic nitrogens is 1. The van der Waals surface area contributed by atoms with Gasteiger partial charge in [0.05, 0.1) is 17.3 Å². The number of amides is 1. The van der Waals surface area contributed by atoms with Crippen molar-refractivity contribution in [3.8, 4) is 6.07 Å². The number of hydrogen-bond acceptors (Lipinski definition) is 4. The summed E-state index contributed by atoms with van der Waals surface area (Å²) in [5, 5.41) is 11.5. The van der Waals surface area contributed by atoms with Crippen LogP contribution in [0.2, 0.25) is 0 Å². The first-order valence-corrected chi connectivity index (χ1v) is 5.45.